The highest BCUT2D eigenvalue weighted by molar-refractivity contribution is 9.10. The number of anilines is 1. The quantitative estimate of drug-likeness (QED) is 0.670. The summed E-state index contributed by atoms with van der Waals surface area (Å²) in [7, 11) is 0. The second-order valence-electron chi connectivity index (χ2n) is 5.99. The number of nitrogens with one attached hydrogen (secondary N) is 1. The molecule has 0 radical (unpaired) electrons. The number of fused-ring (bicyclic) bond motifs is 2. The van der Waals surface area contributed by atoms with Gasteiger partial charge in [0.2, 0.25) is 0 Å². The summed E-state index contributed by atoms with van der Waals surface area (Å²) in [6.45, 7) is 1.91. The SMILES string of the molecule is Cc1c(C(=O)Nc2ccc3c(c2)CCC3)oc2ccc(Br)cc12. The molecule has 4 heteroatoms. The van der Waals surface area contributed by atoms with E-state index in [1.54, 1.807) is 0 Å². The molecular weight excluding hydrogens is 354 g/mol. The predicted octanol–water partition coefficient (Wildman–Crippen LogP) is 5.24. The van der Waals surface area contributed by atoms with Crippen molar-refractivity contribution in [1.82, 2.24) is 0 Å². The summed E-state index contributed by atoms with van der Waals surface area (Å²) >= 11 is 3.45. The molecule has 1 N–H and O–H groups in total. The van der Waals surface area contributed by atoms with E-state index in [0.717, 1.165) is 39.5 Å². The fraction of sp³-hybridized carbons (Fsp3) is 0.211. The van der Waals surface area contributed by atoms with Gasteiger partial charge in [0.05, 0.1) is 0 Å². The van der Waals surface area contributed by atoms with Crippen LogP contribution in [-0.4, -0.2) is 5.91 Å². The first-order valence-corrected chi connectivity index (χ1v) is 8.53. The van der Waals surface area contributed by atoms with Crippen LogP contribution < -0.4 is 5.32 Å². The maximum absolute atomic E-state index is 12.6. The number of furan rings is 1. The molecule has 23 heavy (non-hydrogen) atoms. The molecule has 3 nitrogen and oxygen atoms in total. The standard InChI is InChI=1S/C19H16BrNO2/c1-11-16-10-14(20)6-8-17(16)23-18(11)19(22)21-15-7-5-12-3-2-4-13(12)9-15/h5-10H,2-4H2,1H3,(H,21,22). The highest BCUT2D eigenvalue weighted by atomic mass is 79.9. The molecule has 0 saturated carbocycles. The minimum Gasteiger partial charge on any atom is -0.451 e. The number of hydrogen-bond acceptors (Lipinski definition) is 2. The molecular formula is C19H16BrNO2. The lowest BCUT2D eigenvalue weighted by molar-refractivity contribution is 0.0998. The number of rotatable bonds is 2. The Kier molecular flexibility index (Phi) is 3.49. The maximum atomic E-state index is 12.6. The Bertz CT molecular complexity index is 927. The third-order valence-corrected chi connectivity index (χ3v) is 4.95. The van der Waals surface area contributed by atoms with E-state index >= 15 is 0 Å². The van der Waals surface area contributed by atoms with Crippen molar-refractivity contribution >= 4 is 38.5 Å². The zero-order valence-electron chi connectivity index (χ0n) is 12.8. The molecule has 1 aromatic heterocycles. The number of hydrogen-bond donors (Lipinski definition) is 1. The van der Waals surface area contributed by atoms with E-state index in [-0.39, 0.29) is 5.91 Å². The molecule has 1 aliphatic rings. The average molecular weight is 370 g/mol. The number of halogens is 1. The molecule has 4 rings (SSSR count). The highest BCUT2D eigenvalue weighted by Crippen LogP contribution is 2.29. The molecule has 3 aromatic rings. The lowest BCUT2D eigenvalue weighted by Gasteiger charge is -2.06. The smallest absolute Gasteiger partial charge is 0.291 e. The second kappa shape index (κ2) is 5.53. The van der Waals surface area contributed by atoms with Crippen LogP contribution in [0.2, 0.25) is 0 Å². The van der Waals surface area contributed by atoms with Crippen LogP contribution >= 0.6 is 15.9 Å². The normalized spacial score (nSPS) is 13.3. The van der Waals surface area contributed by atoms with Crippen molar-refractivity contribution in [2.24, 2.45) is 0 Å². The first kappa shape index (κ1) is 14.5. The van der Waals surface area contributed by atoms with Crippen LogP contribution in [0.15, 0.2) is 45.3 Å². The van der Waals surface area contributed by atoms with Gasteiger partial charge in [-0.05, 0) is 67.6 Å². The third-order valence-electron chi connectivity index (χ3n) is 4.46. The van der Waals surface area contributed by atoms with Crippen LogP contribution in [0.5, 0.6) is 0 Å². The van der Waals surface area contributed by atoms with Crippen molar-refractivity contribution in [3.8, 4) is 0 Å². The van der Waals surface area contributed by atoms with Crippen LogP contribution in [-0.2, 0) is 12.8 Å². The Balaban J connectivity index is 1.65. The highest BCUT2D eigenvalue weighted by Gasteiger charge is 2.19. The number of benzene rings is 2. The summed E-state index contributed by atoms with van der Waals surface area (Å²) in [6, 6.07) is 11.9. The minimum atomic E-state index is -0.201. The molecule has 0 unspecified atom stereocenters. The monoisotopic (exact) mass is 369 g/mol. The Morgan fingerprint density at radius 1 is 1.13 bits per heavy atom. The molecule has 0 bridgehead atoms. The fourth-order valence-electron chi connectivity index (χ4n) is 3.25. The number of amides is 1. The zero-order valence-corrected chi connectivity index (χ0v) is 14.4. The molecule has 0 atom stereocenters. The van der Waals surface area contributed by atoms with Crippen LogP contribution in [0.25, 0.3) is 11.0 Å². The summed E-state index contributed by atoms with van der Waals surface area (Å²) in [6.07, 6.45) is 3.43. The lowest BCUT2D eigenvalue weighted by atomic mass is 10.1. The van der Waals surface area contributed by atoms with E-state index in [1.165, 1.54) is 17.5 Å². The summed E-state index contributed by atoms with van der Waals surface area (Å²) in [5.41, 5.74) is 5.15. The first-order valence-electron chi connectivity index (χ1n) is 7.73. The van der Waals surface area contributed by atoms with E-state index in [2.05, 4.69) is 33.4 Å². The van der Waals surface area contributed by atoms with Gasteiger partial charge in [-0.3, -0.25) is 4.79 Å². The van der Waals surface area contributed by atoms with Crippen molar-refractivity contribution in [1.29, 1.82) is 0 Å². The van der Waals surface area contributed by atoms with Gasteiger partial charge in [-0.25, -0.2) is 0 Å². The van der Waals surface area contributed by atoms with Crippen molar-refractivity contribution < 1.29 is 9.21 Å². The van der Waals surface area contributed by atoms with Crippen LogP contribution in [0.4, 0.5) is 5.69 Å². The van der Waals surface area contributed by atoms with Gasteiger partial charge in [0.15, 0.2) is 5.76 Å². The summed E-state index contributed by atoms with van der Waals surface area (Å²) in [4.78, 5) is 12.6. The summed E-state index contributed by atoms with van der Waals surface area (Å²) in [5, 5.41) is 3.92. The molecule has 1 amide bonds. The molecule has 0 saturated heterocycles. The van der Waals surface area contributed by atoms with Crippen molar-refractivity contribution in [3.05, 3.63) is 63.3 Å². The van der Waals surface area contributed by atoms with Gasteiger partial charge in [-0.2, -0.15) is 0 Å². The number of carbonyl (C=O) groups is 1. The van der Waals surface area contributed by atoms with Gasteiger partial charge in [-0.1, -0.05) is 22.0 Å². The van der Waals surface area contributed by atoms with E-state index in [4.69, 9.17) is 4.42 Å². The zero-order chi connectivity index (χ0) is 16.0. The molecule has 0 fully saturated rings. The lowest BCUT2D eigenvalue weighted by Crippen LogP contribution is -2.12. The van der Waals surface area contributed by atoms with Gasteiger partial charge in [0, 0.05) is 21.1 Å². The van der Waals surface area contributed by atoms with E-state index in [9.17, 15) is 4.79 Å². The van der Waals surface area contributed by atoms with Gasteiger partial charge >= 0.3 is 0 Å². The van der Waals surface area contributed by atoms with Gasteiger partial charge in [0.1, 0.15) is 5.58 Å². The molecule has 1 heterocycles. The Morgan fingerprint density at radius 2 is 1.96 bits per heavy atom. The first-order chi connectivity index (χ1) is 11.1. The predicted molar refractivity (Wildman–Crippen MR) is 95.1 cm³/mol. The van der Waals surface area contributed by atoms with Gasteiger partial charge < -0.3 is 9.73 Å². The van der Waals surface area contributed by atoms with Crippen LogP contribution in [0.1, 0.15) is 33.7 Å². The number of aryl methyl sites for hydroxylation is 3. The third kappa shape index (κ3) is 2.57. The topological polar surface area (TPSA) is 42.2 Å². The molecule has 116 valence electrons. The molecule has 2 aromatic carbocycles. The average Bonchev–Trinajstić information content (AvgIpc) is 3.12. The summed E-state index contributed by atoms with van der Waals surface area (Å²) in [5.74, 6) is 0.173. The van der Waals surface area contributed by atoms with Crippen LogP contribution in [0, 0.1) is 6.92 Å². The van der Waals surface area contributed by atoms with Crippen molar-refractivity contribution in [3.63, 3.8) is 0 Å². The summed E-state index contributed by atoms with van der Waals surface area (Å²) < 4.78 is 6.72. The van der Waals surface area contributed by atoms with E-state index in [1.807, 2.05) is 31.2 Å². The molecule has 0 aliphatic heterocycles. The Hall–Kier alpha value is -2.07. The van der Waals surface area contributed by atoms with Crippen molar-refractivity contribution in [2.45, 2.75) is 26.2 Å². The number of carbonyl (C=O) groups excluding carboxylic acids is 1. The molecule has 0 spiro atoms. The minimum absolute atomic E-state index is 0.201. The molecule has 1 aliphatic carbocycles. The van der Waals surface area contributed by atoms with Crippen LogP contribution in [0.3, 0.4) is 0 Å². The van der Waals surface area contributed by atoms with E-state index in [0.29, 0.717) is 5.76 Å². The second-order valence-corrected chi connectivity index (χ2v) is 6.90. The fourth-order valence-corrected chi connectivity index (χ4v) is 3.61. The Labute approximate surface area is 142 Å². The largest absolute Gasteiger partial charge is 0.451 e. The Morgan fingerprint density at radius 3 is 2.83 bits per heavy atom. The van der Waals surface area contributed by atoms with Crippen molar-refractivity contribution in [2.75, 3.05) is 5.32 Å². The van der Waals surface area contributed by atoms with E-state index < -0.39 is 0 Å². The van der Waals surface area contributed by atoms with Gasteiger partial charge in [0.25, 0.3) is 5.91 Å². The maximum Gasteiger partial charge on any atom is 0.291 e. The van der Waals surface area contributed by atoms with Gasteiger partial charge in [-0.15, -0.1) is 0 Å².